The fourth-order valence-corrected chi connectivity index (χ4v) is 2.73. The molecule has 7 heteroatoms. The van der Waals surface area contributed by atoms with Gasteiger partial charge in [-0.3, -0.25) is 0 Å². The molecule has 0 amide bonds. The van der Waals surface area contributed by atoms with E-state index in [2.05, 4.69) is 26.8 Å². The summed E-state index contributed by atoms with van der Waals surface area (Å²) >= 11 is 1.65. The Morgan fingerprint density at radius 2 is 2.30 bits per heavy atom. The lowest BCUT2D eigenvalue weighted by molar-refractivity contribution is 0.391. The molecule has 2 aromatic rings. The normalized spacial score (nSPS) is 12.4. The van der Waals surface area contributed by atoms with Crippen molar-refractivity contribution in [2.45, 2.75) is 26.1 Å². The number of ether oxygens (including phenoxy) is 1. The SMILES string of the molecule is COc1nc(N(C)C)sc1CNC(C)Cn1ccnc1. The first-order valence-corrected chi connectivity index (χ1v) is 7.32. The zero-order valence-electron chi connectivity index (χ0n) is 12.3. The van der Waals surface area contributed by atoms with E-state index in [0.29, 0.717) is 11.9 Å². The smallest absolute Gasteiger partial charge is 0.230 e. The summed E-state index contributed by atoms with van der Waals surface area (Å²) in [5.41, 5.74) is 0. The molecule has 1 N–H and O–H groups in total. The topological polar surface area (TPSA) is 55.2 Å². The van der Waals surface area contributed by atoms with Gasteiger partial charge in [-0.25, -0.2) is 4.98 Å². The first-order chi connectivity index (χ1) is 9.60. The van der Waals surface area contributed by atoms with Crippen LogP contribution in [0.5, 0.6) is 5.88 Å². The molecule has 2 heterocycles. The number of imidazole rings is 1. The maximum absolute atomic E-state index is 5.33. The Morgan fingerprint density at radius 1 is 1.50 bits per heavy atom. The highest BCUT2D eigenvalue weighted by Gasteiger charge is 2.13. The summed E-state index contributed by atoms with van der Waals surface area (Å²) in [6.07, 6.45) is 5.59. The number of nitrogens with one attached hydrogen (secondary N) is 1. The van der Waals surface area contributed by atoms with Gasteiger partial charge in [0.1, 0.15) is 0 Å². The van der Waals surface area contributed by atoms with Crippen LogP contribution < -0.4 is 15.0 Å². The van der Waals surface area contributed by atoms with Crippen molar-refractivity contribution in [3.05, 3.63) is 23.6 Å². The van der Waals surface area contributed by atoms with Crippen LogP contribution in [0.15, 0.2) is 18.7 Å². The molecule has 1 unspecified atom stereocenters. The van der Waals surface area contributed by atoms with Gasteiger partial charge in [0.25, 0.3) is 0 Å². The van der Waals surface area contributed by atoms with Gasteiger partial charge in [0, 0.05) is 45.6 Å². The number of rotatable bonds is 7. The summed E-state index contributed by atoms with van der Waals surface area (Å²) in [7, 11) is 5.63. The molecule has 0 saturated carbocycles. The zero-order valence-corrected chi connectivity index (χ0v) is 13.1. The van der Waals surface area contributed by atoms with Crippen molar-refractivity contribution in [3.63, 3.8) is 0 Å². The second-order valence-corrected chi connectivity index (χ2v) is 5.93. The van der Waals surface area contributed by atoms with Gasteiger partial charge in [-0.2, -0.15) is 4.98 Å². The Kier molecular flexibility index (Phi) is 4.97. The zero-order chi connectivity index (χ0) is 14.5. The Hall–Kier alpha value is -1.60. The van der Waals surface area contributed by atoms with E-state index in [1.807, 2.05) is 31.5 Å². The number of hydrogen-bond acceptors (Lipinski definition) is 6. The van der Waals surface area contributed by atoms with E-state index < -0.39 is 0 Å². The van der Waals surface area contributed by atoms with Crippen LogP contribution in [-0.2, 0) is 13.1 Å². The third-order valence-corrected chi connectivity index (χ3v) is 4.09. The largest absolute Gasteiger partial charge is 0.480 e. The Morgan fingerprint density at radius 3 is 2.90 bits per heavy atom. The molecular weight excluding hydrogens is 274 g/mol. The highest BCUT2D eigenvalue weighted by atomic mass is 32.1. The van der Waals surface area contributed by atoms with E-state index in [4.69, 9.17) is 4.74 Å². The van der Waals surface area contributed by atoms with Crippen LogP contribution in [0, 0.1) is 0 Å². The van der Waals surface area contributed by atoms with Crippen molar-refractivity contribution in [2.75, 3.05) is 26.1 Å². The highest BCUT2D eigenvalue weighted by molar-refractivity contribution is 7.15. The minimum absolute atomic E-state index is 0.346. The van der Waals surface area contributed by atoms with E-state index in [1.54, 1.807) is 24.6 Å². The number of anilines is 1. The molecular formula is C13H21N5OS. The standard InChI is InChI=1S/C13H21N5OS/c1-10(8-18-6-5-14-9-18)15-7-11-12(19-4)16-13(20-11)17(2)3/h5-6,9-10,15H,7-8H2,1-4H3. The number of nitrogens with zero attached hydrogens (tertiary/aromatic N) is 4. The van der Waals surface area contributed by atoms with Gasteiger partial charge in [-0.05, 0) is 6.92 Å². The van der Waals surface area contributed by atoms with Crippen molar-refractivity contribution in [3.8, 4) is 5.88 Å². The van der Waals surface area contributed by atoms with Gasteiger partial charge < -0.3 is 19.5 Å². The maximum Gasteiger partial charge on any atom is 0.230 e. The number of thiazole rings is 1. The number of hydrogen-bond donors (Lipinski definition) is 1. The van der Waals surface area contributed by atoms with Crippen molar-refractivity contribution in [2.24, 2.45) is 0 Å². The van der Waals surface area contributed by atoms with Crippen molar-refractivity contribution < 1.29 is 4.74 Å². The molecule has 0 aliphatic carbocycles. The first kappa shape index (κ1) is 14.8. The summed E-state index contributed by atoms with van der Waals surface area (Å²) in [4.78, 5) is 11.6. The third kappa shape index (κ3) is 3.71. The Bertz CT molecular complexity index is 523. The number of aromatic nitrogens is 3. The lowest BCUT2D eigenvalue weighted by Gasteiger charge is -2.13. The molecule has 2 aromatic heterocycles. The molecule has 0 spiro atoms. The van der Waals surface area contributed by atoms with Crippen molar-refractivity contribution in [1.82, 2.24) is 19.9 Å². The van der Waals surface area contributed by atoms with Gasteiger partial charge in [0.05, 0.1) is 18.3 Å². The Labute approximate surface area is 123 Å². The molecule has 0 aliphatic rings. The van der Waals surface area contributed by atoms with E-state index >= 15 is 0 Å². The average Bonchev–Trinajstić information content (AvgIpc) is 3.04. The van der Waals surface area contributed by atoms with Gasteiger partial charge in [-0.1, -0.05) is 11.3 Å². The van der Waals surface area contributed by atoms with Crippen LogP contribution in [0.25, 0.3) is 0 Å². The monoisotopic (exact) mass is 295 g/mol. The van der Waals surface area contributed by atoms with Crippen LogP contribution in [0.2, 0.25) is 0 Å². The predicted molar refractivity (Wildman–Crippen MR) is 81.5 cm³/mol. The molecule has 0 radical (unpaired) electrons. The van der Waals surface area contributed by atoms with Crippen LogP contribution in [0.3, 0.4) is 0 Å². The van der Waals surface area contributed by atoms with Gasteiger partial charge in [0.2, 0.25) is 5.88 Å². The fourth-order valence-electron chi connectivity index (χ4n) is 1.83. The summed E-state index contributed by atoms with van der Waals surface area (Å²) in [5, 5.41) is 4.45. The van der Waals surface area contributed by atoms with Gasteiger partial charge >= 0.3 is 0 Å². The first-order valence-electron chi connectivity index (χ1n) is 6.50. The van der Waals surface area contributed by atoms with Crippen molar-refractivity contribution >= 4 is 16.5 Å². The summed E-state index contributed by atoms with van der Waals surface area (Å²) in [5.74, 6) is 0.709. The van der Waals surface area contributed by atoms with Crippen LogP contribution >= 0.6 is 11.3 Å². The molecule has 0 saturated heterocycles. The lowest BCUT2D eigenvalue weighted by atomic mass is 10.3. The maximum atomic E-state index is 5.33. The molecule has 1 atom stereocenters. The predicted octanol–water partition coefficient (Wildman–Crippen LogP) is 1.59. The van der Waals surface area contributed by atoms with Crippen LogP contribution in [-0.4, -0.2) is 41.8 Å². The molecule has 110 valence electrons. The second kappa shape index (κ2) is 6.71. The second-order valence-electron chi connectivity index (χ2n) is 4.86. The average molecular weight is 295 g/mol. The van der Waals surface area contributed by atoms with Gasteiger partial charge in [0.15, 0.2) is 5.13 Å². The molecule has 0 aromatic carbocycles. The quantitative estimate of drug-likeness (QED) is 0.841. The summed E-state index contributed by atoms with van der Waals surface area (Å²) in [6.45, 7) is 3.80. The van der Waals surface area contributed by atoms with E-state index in [0.717, 1.165) is 23.1 Å². The van der Waals surface area contributed by atoms with Crippen LogP contribution in [0.1, 0.15) is 11.8 Å². The molecule has 0 aliphatic heterocycles. The molecule has 6 nitrogen and oxygen atoms in total. The number of methoxy groups -OCH3 is 1. The minimum Gasteiger partial charge on any atom is -0.480 e. The van der Waals surface area contributed by atoms with Crippen LogP contribution in [0.4, 0.5) is 5.13 Å². The molecule has 0 bridgehead atoms. The molecule has 0 fully saturated rings. The summed E-state index contributed by atoms with van der Waals surface area (Å²) in [6, 6.07) is 0.346. The molecule has 20 heavy (non-hydrogen) atoms. The van der Waals surface area contributed by atoms with Gasteiger partial charge in [-0.15, -0.1) is 0 Å². The Balaban J connectivity index is 1.92. The van der Waals surface area contributed by atoms with E-state index in [9.17, 15) is 0 Å². The van der Waals surface area contributed by atoms with Crippen molar-refractivity contribution in [1.29, 1.82) is 0 Å². The highest BCUT2D eigenvalue weighted by Crippen LogP contribution is 2.30. The fraction of sp³-hybridized carbons (Fsp3) is 0.538. The minimum atomic E-state index is 0.346. The van der Waals surface area contributed by atoms with E-state index in [1.165, 1.54) is 0 Å². The molecule has 2 rings (SSSR count). The summed E-state index contributed by atoms with van der Waals surface area (Å²) < 4.78 is 7.39. The van der Waals surface area contributed by atoms with E-state index in [-0.39, 0.29) is 0 Å². The third-order valence-electron chi connectivity index (χ3n) is 2.88. The lowest BCUT2D eigenvalue weighted by Crippen LogP contribution is -2.29.